The number of phenolic OH excluding ortho intramolecular Hbond substituents is 1. The maximum Gasteiger partial charge on any atom is 0.261 e. The van der Waals surface area contributed by atoms with Crippen molar-refractivity contribution >= 4 is 34.1 Å². The summed E-state index contributed by atoms with van der Waals surface area (Å²) in [5.41, 5.74) is 1.29. The summed E-state index contributed by atoms with van der Waals surface area (Å²) in [6.45, 7) is 11.9. The number of carbonyl (C=O) groups is 1. The maximum atomic E-state index is 17.1. The van der Waals surface area contributed by atoms with E-state index < -0.39 is 28.5 Å². The van der Waals surface area contributed by atoms with E-state index in [4.69, 9.17) is 11.6 Å². The first-order valence-corrected chi connectivity index (χ1v) is 14.6. The number of carbonyl (C=O) groups excluding carboxylic acids is 1. The Balaban J connectivity index is 1.74. The monoisotopic (exact) mass is 604 g/mol. The number of anilines is 1. The van der Waals surface area contributed by atoms with Gasteiger partial charge in [-0.2, -0.15) is 0 Å². The molecular formula is C33H31ClF2N4O3. The summed E-state index contributed by atoms with van der Waals surface area (Å²) in [4.78, 5) is 35.4. The Bertz CT molecular complexity index is 1880. The van der Waals surface area contributed by atoms with Gasteiger partial charge < -0.3 is 14.9 Å². The number of hydrogen-bond donors (Lipinski definition) is 1. The minimum Gasteiger partial charge on any atom is -0.507 e. The number of rotatable bonds is 4. The number of fused-ring (bicyclic) bond motifs is 5. The van der Waals surface area contributed by atoms with E-state index in [9.17, 15) is 14.7 Å². The van der Waals surface area contributed by atoms with Crippen LogP contribution in [-0.4, -0.2) is 50.6 Å². The molecule has 2 aliphatic heterocycles. The van der Waals surface area contributed by atoms with Gasteiger partial charge in [0, 0.05) is 48.3 Å². The molecule has 2 unspecified atom stereocenters. The fourth-order valence-corrected chi connectivity index (χ4v) is 6.92. The number of nitrogens with zero attached hydrogens (tertiary/aromatic N) is 4. The molecule has 0 bridgehead atoms. The SMILES string of the molecule is C=CC(=O)N1CC2Cc3c(c4cc(F)c(-c5c(O)cccc5Cl)c(F)c4n(-c4c(C)ccnc4C(C)C)c3=O)N2CC1C. The Morgan fingerprint density at radius 1 is 1.19 bits per heavy atom. The quantitative estimate of drug-likeness (QED) is 0.278. The molecule has 0 saturated carbocycles. The highest BCUT2D eigenvalue weighted by molar-refractivity contribution is 6.33. The molecule has 10 heteroatoms. The van der Waals surface area contributed by atoms with Crippen LogP contribution in [0.2, 0.25) is 5.02 Å². The molecular weight excluding hydrogens is 574 g/mol. The molecule has 222 valence electrons. The fraction of sp³-hybridized carbons (Fsp3) is 0.303. The molecule has 2 atom stereocenters. The lowest BCUT2D eigenvalue weighted by atomic mass is 9.97. The number of aryl methyl sites for hydroxylation is 1. The topological polar surface area (TPSA) is 78.7 Å². The summed E-state index contributed by atoms with van der Waals surface area (Å²) in [6.07, 6.45) is 3.21. The van der Waals surface area contributed by atoms with Crippen LogP contribution in [0.15, 0.2) is 54.0 Å². The first kappa shape index (κ1) is 28.9. The van der Waals surface area contributed by atoms with Crippen molar-refractivity contribution in [2.45, 2.75) is 52.1 Å². The third kappa shape index (κ3) is 4.32. The van der Waals surface area contributed by atoms with E-state index in [1.807, 2.05) is 32.6 Å². The average molecular weight is 605 g/mol. The van der Waals surface area contributed by atoms with Gasteiger partial charge in [-0.1, -0.05) is 38.1 Å². The number of phenols is 1. The minimum absolute atomic E-state index is 0.0375. The maximum absolute atomic E-state index is 17.1. The lowest BCUT2D eigenvalue weighted by molar-refractivity contribution is -0.128. The van der Waals surface area contributed by atoms with E-state index >= 15 is 8.78 Å². The van der Waals surface area contributed by atoms with Crippen molar-refractivity contribution < 1.29 is 18.7 Å². The highest BCUT2D eigenvalue weighted by Crippen LogP contribution is 2.46. The van der Waals surface area contributed by atoms with Gasteiger partial charge >= 0.3 is 0 Å². The molecule has 0 radical (unpaired) electrons. The normalized spacial score (nSPS) is 17.9. The molecule has 0 spiro atoms. The van der Waals surface area contributed by atoms with Crippen LogP contribution in [0.3, 0.4) is 0 Å². The van der Waals surface area contributed by atoms with Crippen molar-refractivity contribution in [3.05, 3.63) is 93.0 Å². The van der Waals surface area contributed by atoms with Crippen LogP contribution in [0, 0.1) is 18.6 Å². The molecule has 1 N–H and O–H groups in total. The first-order valence-electron chi connectivity index (χ1n) is 14.2. The predicted octanol–water partition coefficient (Wildman–Crippen LogP) is 6.27. The number of aromatic nitrogens is 2. The zero-order chi connectivity index (χ0) is 30.9. The molecule has 4 aromatic rings. The van der Waals surface area contributed by atoms with Crippen LogP contribution in [0.25, 0.3) is 27.7 Å². The van der Waals surface area contributed by atoms with Gasteiger partial charge in [0.25, 0.3) is 5.56 Å². The van der Waals surface area contributed by atoms with E-state index in [0.29, 0.717) is 47.7 Å². The second-order valence-corrected chi connectivity index (χ2v) is 12.0. The predicted molar refractivity (Wildman–Crippen MR) is 164 cm³/mol. The molecule has 4 heterocycles. The second kappa shape index (κ2) is 10.5. The Morgan fingerprint density at radius 3 is 2.60 bits per heavy atom. The summed E-state index contributed by atoms with van der Waals surface area (Å²) < 4.78 is 34.5. The molecule has 2 aromatic carbocycles. The van der Waals surface area contributed by atoms with E-state index in [0.717, 1.165) is 0 Å². The number of benzene rings is 2. The molecule has 1 fully saturated rings. The van der Waals surface area contributed by atoms with Crippen molar-refractivity contribution in [1.82, 2.24) is 14.5 Å². The van der Waals surface area contributed by atoms with Gasteiger partial charge in [0.05, 0.1) is 39.2 Å². The van der Waals surface area contributed by atoms with Gasteiger partial charge in [-0.25, -0.2) is 8.78 Å². The largest absolute Gasteiger partial charge is 0.507 e. The number of hydrogen-bond acceptors (Lipinski definition) is 5. The molecule has 1 amide bonds. The Hall–Kier alpha value is -4.24. The van der Waals surface area contributed by atoms with E-state index in [1.54, 1.807) is 17.2 Å². The van der Waals surface area contributed by atoms with Crippen molar-refractivity contribution in [1.29, 1.82) is 0 Å². The summed E-state index contributed by atoms with van der Waals surface area (Å²) in [5, 5.41) is 10.8. The molecule has 7 nitrogen and oxygen atoms in total. The fourth-order valence-electron chi connectivity index (χ4n) is 6.65. The van der Waals surface area contributed by atoms with Crippen LogP contribution in [-0.2, 0) is 11.2 Å². The molecule has 43 heavy (non-hydrogen) atoms. The summed E-state index contributed by atoms with van der Waals surface area (Å²) in [7, 11) is 0. The van der Waals surface area contributed by atoms with Gasteiger partial charge in [0.2, 0.25) is 5.91 Å². The first-order chi connectivity index (χ1) is 20.5. The van der Waals surface area contributed by atoms with E-state index in [1.165, 1.54) is 34.9 Å². The Kier molecular flexibility index (Phi) is 7.04. The van der Waals surface area contributed by atoms with Crippen LogP contribution in [0.5, 0.6) is 5.75 Å². The Morgan fingerprint density at radius 2 is 1.93 bits per heavy atom. The zero-order valence-corrected chi connectivity index (χ0v) is 25.0. The molecule has 1 saturated heterocycles. The average Bonchev–Trinajstić information content (AvgIpc) is 3.33. The summed E-state index contributed by atoms with van der Waals surface area (Å²) >= 11 is 6.37. The third-order valence-corrected chi connectivity index (χ3v) is 8.93. The molecule has 0 aliphatic carbocycles. The number of aromatic hydroxyl groups is 1. The smallest absolute Gasteiger partial charge is 0.261 e. The molecule has 2 aromatic heterocycles. The third-order valence-electron chi connectivity index (χ3n) is 8.61. The lowest BCUT2D eigenvalue weighted by Crippen LogP contribution is -2.57. The number of halogens is 3. The number of amides is 1. The highest BCUT2D eigenvalue weighted by atomic mass is 35.5. The zero-order valence-electron chi connectivity index (χ0n) is 24.3. The number of pyridine rings is 2. The van der Waals surface area contributed by atoms with E-state index in [2.05, 4.69) is 11.6 Å². The van der Waals surface area contributed by atoms with Gasteiger partial charge in [0.15, 0.2) is 5.82 Å². The van der Waals surface area contributed by atoms with Crippen molar-refractivity contribution in [3.63, 3.8) is 0 Å². The van der Waals surface area contributed by atoms with Gasteiger partial charge in [-0.15, -0.1) is 0 Å². The van der Waals surface area contributed by atoms with Gasteiger partial charge in [-0.3, -0.25) is 19.1 Å². The van der Waals surface area contributed by atoms with Crippen molar-refractivity contribution in [2.75, 3.05) is 18.0 Å². The lowest BCUT2D eigenvalue weighted by Gasteiger charge is -2.43. The van der Waals surface area contributed by atoms with Crippen LogP contribution >= 0.6 is 11.6 Å². The van der Waals surface area contributed by atoms with Gasteiger partial charge in [0.1, 0.15) is 11.6 Å². The summed E-state index contributed by atoms with van der Waals surface area (Å²) in [5.74, 6) is -2.67. The van der Waals surface area contributed by atoms with Crippen LogP contribution < -0.4 is 10.5 Å². The van der Waals surface area contributed by atoms with E-state index in [-0.39, 0.29) is 45.4 Å². The Labute approximate surface area is 252 Å². The van der Waals surface area contributed by atoms with Crippen LogP contribution in [0.4, 0.5) is 14.5 Å². The van der Waals surface area contributed by atoms with Crippen LogP contribution in [0.1, 0.15) is 43.5 Å². The summed E-state index contributed by atoms with van der Waals surface area (Å²) in [6, 6.07) is 6.70. The molecule has 2 aliphatic rings. The minimum atomic E-state index is -1.02. The van der Waals surface area contributed by atoms with Gasteiger partial charge in [-0.05, 0) is 55.7 Å². The standard InChI is InChI=1S/C33H31ClF2N4O3/c1-6-25(42)38-15-19-12-21-31(39(19)14-18(38)5)20-13-23(35)27(26-22(34)8-7-9-24(26)41)28(36)32(20)40(33(21)43)30-17(4)10-11-37-29(30)16(2)3/h6-11,13,16,18-19,41H,1,12,14-15H2,2-5H3. The van der Waals surface area contributed by atoms with Crippen molar-refractivity contribution in [2.24, 2.45) is 0 Å². The highest BCUT2D eigenvalue weighted by Gasteiger charge is 2.42. The van der Waals surface area contributed by atoms with Crippen molar-refractivity contribution in [3.8, 4) is 22.6 Å². The number of piperazine rings is 1. The molecule has 6 rings (SSSR count). The second-order valence-electron chi connectivity index (χ2n) is 11.6.